The Morgan fingerprint density at radius 3 is 2.77 bits per heavy atom. The maximum Gasteiger partial charge on any atom is 0.290 e. The molecule has 1 aromatic rings. The van der Waals surface area contributed by atoms with Crippen LogP contribution in [0.4, 0.5) is 0 Å². The molecule has 26 heavy (non-hydrogen) atoms. The Labute approximate surface area is 154 Å². The van der Waals surface area contributed by atoms with Crippen molar-refractivity contribution in [1.29, 1.82) is 0 Å². The number of morpholine rings is 1. The first-order valence-corrected chi connectivity index (χ1v) is 9.68. The van der Waals surface area contributed by atoms with Gasteiger partial charge in [-0.25, -0.2) is 0 Å². The van der Waals surface area contributed by atoms with Crippen LogP contribution >= 0.6 is 0 Å². The van der Waals surface area contributed by atoms with E-state index >= 15 is 0 Å². The molecular weight excluding hydrogens is 334 g/mol. The fraction of sp³-hybridized carbons (Fsp3) is 0.684. The SMILES string of the molecule is O=C(NCCCCN1CCOCC1)C1CCCCN1C(=O)c1ccco1. The lowest BCUT2D eigenvalue weighted by Crippen LogP contribution is -2.52. The largest absolute Gasteiger partial charge is 0.459 e. The van der Waals surface area contributed by atoms with Crippen molar-refractivity contribution >= 4 is 11.8 Å². The minimum Gasteiger partial charge on any atom is -0.459 e. The molecule has 7 heteroatoms. The van der Waals surface area contributed by atoms with Crippen molar-refractivity contribution in [2.24, 2.45) is 0 Å². The third-order valence-electron chi connectivity index (χ3n) is 5.10. The second kappa shape index (κ2) is 9.73. The molecule has 1 N–H and O–H groups in total. The summed E-state index contributed by atoms with van der Waals surface area (Å²) in [6.45, 7) is 5.94. The summed E-state index contributed by atoms with van der Waals surface area (Å²) >= 11 is 0. The molecule has 2 aliphatic heterocycles. The van der Waals surface area contributed by atoms with Crippen molar-refractivity contribution in [2.75, 3.05) is 45.9 Å². The van der Waals surface area contributed by atoms with Gasteiger partial charge in [0.2, 0.25) is 5.91 Å². The second-order valence-corrected chi connectivity index (χ2v) is 6.94. The first kappa shape index (κ1) is 18.9. The van der Waals surface area contributed by atoms with E-state index in [-0.39, 0.29) is 17.9 Å². The Hall–Kier alpha value is -1.86. The minimum absolute atomic E-state index is 0.0454. The number of carbonyl (C=O) groups is 2. The molecule has 0 aliphatic carbocycles. The fourth-order valence-electron chi connectivity index (χ4n) is 3.60. The van der Waals surface area contributed by atoms with Crippen LogP contribution in [0.3, 0.4) is 0 Å². The predicted molar refractivity (Wildman–Crippen MR) is 96.9 cm³/mol. The van der Waals surface area contributed by atoms with Crippen LogP contribution < -0.4 is 5.32 Å². The molecule has 2 saturated heterocycles. The van der Waals surface area contributed by atoms with E-state index in [4.69, 9.17) is 9.15 Å². The van der Waals surface area contributed by atoms with Gasteiger partial charge in [-0.1, -0.05) is 0 Å². The number of furan rings is 1. The van der Waals surface area contributed by atoms with E-state index in [0.717, 1.165) is 58.5 Å². The van der Waals surface area contributed by atoms with E-state index in [1.165, 1.54) is 6.26 Å². The van der Waals surface area contributed by atoms with Crippen LogP contribution in [0, 0.1) is 0 Å². The van der Waals surface area contributed by atoms with Gasteiger partial charge in [-0.3, -0.25) is 14.5 Å². The second-order valence-electron chi connectivity index (χ2n) is 6.94. The molecule has 1 aromatic heterocycles. The monoisotopic (exact) mass is 363 g/mol. The number of likely N-dealkylation sites (tertiary alicyclic amines) is 1. The number of hydrogen-bond donors (Lipinski definition) is 1. The van der Waals surface area contributed by atoms with Gasteiger partial charge in [-0.05, 0) is 50.8 Å². The molecule has 2 amide bonds. The van der Waals surface area contributed by atoms with Crippen molar-refractivity contribution in [1.82, 2.24) is 15.1 Å². The van der Waals surface area contributed by atoms with Crippen LogP contribution in [0.25, 0.3) is 0 Å². The number of piperidine rings is 1. The molecule has 0 radical (unpaired) electrons. The predicted octanol–water partition coefficient (Wildman–Crippen LogP) is 1.50. The molecule has 3 rings (SSSR count). The fourth-order valence-corrected chi connectivity index (χ4v) is 3.60. The maximum absolute atomic E-state index is 12.6. The van der Waals surface area contributed by atoms with E-state index in [9.17, 15) is 9.59 Å². The highest BCUT2D eigenvalue weighted by molar-refractivity contribution is 5.95. The molecular formula is C19H29N3O4. The number of nitrogens with one attached hydrogen (secondary N) is 1. The zero-order valence-electron chi connectivity index (χ0n) is 15.3. The quantitative estimate of drug-likeness (QED) is 0.743. The molecule has 0 aromatic carbocycles. The summed E-state index contributed by atoms with van der Waals surface area (Å²) in [5.74, 6) is 0.0633. The number of ether oxygens (including phenoxy) is 1. The maximum atomic E-state index is 12.6. The molecule has 1 atom stereocenters. The Morgan fingerprint density at radius 2 is 2.00 bits per heavy atom. The van der Waals surface area contributed by atoms with Gasteiger partial charge < -0.3 is 19.4 Å². The zero-order valence-corrected chi connectivity index (χ0v) is 15.3. The Kier molecular flexibility index (Phi) is 7.08. The standard InChI is InChI=1S/C19H29N3O4/c23-18(20-8-2-4-9-21-11-14-25-15-12-21)16-6-1-3-10-22(16)19(24)17-7-5-13-26-17/h5,7,13,16H,1-4,6,8-12,14-15H2,(H,20,23). The number of rotatable bonds is 7. The van der Waals surface area contributed by atoms with Gasteiger partial charge in [0.25, 0.3) is 5.91 Å². The van der Waals surface area contributed by atoms with Gasteiger partial charge in [0.15, 0.2) is 5.76 Å². The highest BCUT2D eigenvalue weighted by Gasteiger charge is 2.33. The van der Waals surface area contributed by atoms with E-state index < -0.39 is 0 Å². The van der Waals surface area contributed by atoms with Gasteiger partial charge in [-0.2, -0.15) is 0 Å². The van der Waals surface area contributed by atoms with Crippen LogP contribution in [-0.4, -0.2) is 73.6 Å². The van der Waals surface area contributed by atoms with Crippen molar-refractivity contribution in [2.45, 2.75) is 38.1 Å². The third-order valence-corrected chi connectivity index (χ3v) is 5.10. The zero-order chi connectivity index (χ0) is 18.2. The summed E-state index contributed by atoms with van der Waals surface area (Å²) in [5.41, 5.74) is 0. The molecule has 144 valence electrons. The Morgan fingerprint density at radius 1 is 1.15 bits per heavy atom. The highest BCUT2D eigenvalue weighted by Crippen LogP contribution is 2.20. The van der Waals surface area contributed by atoms with E-state index in [1.807, 2.05) is 0 Å². The summed E-state index contributed by atoms with van der Waals surface area (Å²) in [5, 5.41) is 3.01. The molecule has 2 fully saturated rings. The van der Waals surface area contributed by atoms with Crippen molar-refractivity contribution in [3.63, 3.8) is 0 Å². The normalized spacial score (nSPS) is 21.5. The minimum atomic E-state index is -0.388. The smallest absolute Gasteiger partial charge is 0.290 e. The number of hydrogen-bond acceptors (Lipinski definition) is 5. The summed E-state index contributed by atoms with van der Waals surface area (Å²) in [4.78, 5) is 29.2. The third kappa shape index (κ3) is 5.08. The summed E-state index contributed by atoms with van der Waals surface area (Å²) in [6.07, 6.45) is 6.10. The number of amides is 2. The van der Waals surface area contributed by atoms with Crippen molar-refractivity contribution in [3.8, 4) is 0 Å². The topological polar surface area (TPSA) is 75.0 Å². The Balaban J connectivity index is 1.41. The average Bonchev–Trinajstić information content (AvgIpc) is 3.22. The Bertz CT molecular complexity index is 569. The number of carbonyl (C=O) groups excluding carboxylic acids is 2. The lowest BCUT2D eigenvalue weighted by atomic mass is 10.0. The van der Waals surface area contributed by atoms with Crippen LogP contribution in [0.2, 0.25) is 0 Å². The van der Waals surface area contributed by atoms with E-state index in [1.54, 1.807) is 17.0 Å². The lowest BCUT2D eigenvalue weighted by Gasteiger charge is -2.34. The summed E-state index contributed by atoms with van der Waals surface area (Å²) < 4.78 is 10.6. The van der Waals surface area contributed by atoms with Gasteiger partial charge in [0, 0.05) is 26.2 Å². The molecule has 0 saturated carbocycles. The lowest BCUT2D eigenvalue weighted by molar-refractivity contribution is -0.126. The van der Waals surface area contributed by atoms with Crippen molar-refractivity contribution < 1.29 is 18.7 Å². The number of nitrogens with zero attached hydrogens (tertiary/aromatic N) is 2. The molecule has 3 heterocycles. The van der Waals surface area contributed by atoms with Crippen molar-refractivity contribution in [3.05, 3.63) is 24.2 Å². The molecule has 0 spiro atoms. The van der Waals surface area contributed by atoms with Crippen LogP contribution in [-0.2, 0) is 9.53 Å². The van der Waals surface area contributed by atoms with Crippen LogP contribution in [0.1, 0.15) is 42.7 Å². The van der Waals surface area contributed by atoms with Gasteiger partial charge >= 0.3 is 0 Å². The average molecular weight is 363 g/mol. The first-order valence-electron chi connectivity index (χ1n) is 9.68. The van der Waals surface area contributed by atoms with Crippen LogP contribution in [0.15, 0.2) is 22.8 Å². The van der Waals surface area contributed by atoms with E-state index in [2.05, 4.69) is 10.2 Å². The highest BCUT2D eigenvalue weighted by atomic mass is 16.5. The van der Waals surface area contributed by atoms with E-state index in [0.29, 0.717) is 25.3 Å². The summed E-state index contributed by atoms with van der Waals surface area (Å²) in [6, 6.07) is 2.96. The van der Waals surface area contributed by atoms with Gasteiger partial charge in [0.05, 0.1) is 19.5 Å². The molecule has 2 aliphatic rings. The molecule has 7 nitrogen and oxygen atoms in total. The first-order chi connectivity index (χ1) is 12.8. The van der Waals surface area contributed by atoms with Gasteiger partial charge in [-0.15, -0.1) is 0 Å². The number of unbranched alkanes of at least 4 members (excludes halogenated alkanes) is 1. The molecule has 1 unspecified atom stereocenters. The van der Waals surface area contributed by atoms with Crippen LogP contribution in [0.5, 0.6) is 0 Å². The summed E-state index contributed by atoms with van der Waals surface area (Å²) in [7, 11) is 0. The van der Waals surface area contributed by atoms with Gasteiger partial charge in [0.1, 0.15) is 6.04 Å². The molecule has 0 bridgehead atoms.